The topological polar surface area (TPSA) is 52.6 Å². The summed E-state index contributed by atoms with van der Waals surface area (Å²) in [5.41, 5.74) is 1.06. The number of likely N-dealkylation sites (N-methyl/N-ethyl adjacent to an activating group) is 2. The van der Waals surface area contributed by atoms with Gasteiger partial charge in [-0.3, -0.25) is 9.69 Å². The number of nitrogens with zero attached hydrogens (tertiary/aromatic N) is 5. The van der Waals surface area contributed by atoms with Crippen molar-refractivity contribution in [3.63, 3.8) is 0 Å². The third-order valence-electron chi connectivity index (χ3n) is 5.60. The Balaban J connectivity index is 1.51. The van der Waals surface area contributed by atoms with E-state index in [-0.39, 0.29) is 11.3 Å². The first-order valence-corrected chi connectivity index (χ1v) is 9.31. The molecule has 0 saturated carbocycles. The van der Waals surface area contributed by atoms with Gasteiger partial charge in [0.25, 0.3) is 0 Å². The van der Waals surface area contributed by atoms with Crippen molar-refractivity contribution in [1.29, 1.82) is 0 Å². The molecule has 6 heteroatoms. The van der Waals surface area contributed by atoms with Crippen LogP contribution >= 0.6 is 0 Å². The highest BCUT2D eigenvalue weighted by atomic mass is 16.2. The predicted molar refractivity (Wildman–Crippen MR) is 99.8 cm³/mol. The van der Waals surface area contributed by atoms with Crippen LogP contribution in [-0.2, 0) is 10.2 Å². The van der Waals surface area contributed by atoms with E-state index in [1.807, 2.05) is 11.9 Å². The molecule has 0 bridgehead atoms. The van der Waals surface area contributed by atoms with Gasteiger partial charge in [0.1, 0.15) is 0 Å². The maximum atomic E-state index is 11.9. The van der Waals surface area contributed by atoms with Crippen LogP contribution in [0, 0.1) is 0 Å². The lowest BCUT2D eigenvalue weighted by Crippen LogP contribution is -2.61. The molecule has 2 aliphatic rings. The van der Waals surface area contributed by atoms with Crippen molar-refractivity contribution in [1.82, 2.24) is 20.0 Å². The first kappa shape index (κ1) is 18.1. The molecule has 1 aromatic heterocycles. The highest BCUT2D eigenvalue weighted by Crippen LogP contribution is 2.25. The number of carbonyl (C=O) groups excluding carboxylic acids is 1. The number of aromatic nitrogens is 2. The van der Waals surface area contributed by atoms with Crippen LogP contribution in [0.25, 0.3) is 0 Å². The molecule has 3 rings (SSSR count). The monoisotopic (exact) mass is 345 g/mol. The zero-order chi connectivity index (χ0) is 18.2. The van der Waals surface area contributed by atoms with Crippen molar-refractivity contribution in [2.75, 3.05) is 38.6 Å². The summed E-state index contributed by atoms with van der Waals surface area (Å²) in [6.07, 6.45) is 2.84. The maximum absolute atomic E-state index is 11.9. The van der Waals surface area contributed by atoms with E-state index in [0.29, 0.717) is 18.5 Å². The summed E-state index contributed by atoms with van der Waals surface area (Å²) >= 11 is 0. The average Bonchev–Trinajstić information content (AvgIpc) is 2.50. The van der Waals surface area contributed by atoms with Crippen molar-refractivity contribution < 1.29 is 4.79 Å². The fourth-order valence-electron chi connectivity index (χ4n) is 3.57. The van der Waals surface area contributed by atoms with Gasteiger partial charge in [0.05, 0.1) is 5.69 Å². The molecule has 1 amide bonds. The van der Waals surface area contributed by atoms with Crippen LogP contribution < -0.4 is 4.90 Å². The summed E-state index contributed by atoms with van der Waals surface area (Å²) < 4.78 is 0. The summed E-state index contributed by atoms with van der Waals surface area (Å²) in [6, 6.07) is 5.04. The molecule has 2 fully saturated rings. The third-order valence-corrected chi connectivity index (χ3v) is 5.60. The molecule has 3 heterocycles. The van der Waals surface area contributed by atoms with E-state index in [0.717, 1.165) is 44.0 Å². The number of carbonyl (C=O) groups is 1. The van der Waals surface area contributed by atoms with Crippen LogP contribution in [0.15, 0.2) is 12.1 Å². The Morgan fingerprint density at radius 3 is 2.56 bits per heavy atom. The van der Waals surface area contributed by atoms with Crippen molar-refractivity contribution >= 4 is 11.7 Å². The maximum Gasteiger partial charge on any atom is 0.222 e. The van der Waals surface area contributed by atoms with E-state index >= 15 is 0 Å². The largest absolute Gasteiger partial charge is 0.352 e. The van der Waals surface area contributed by atoms with Gasteiger partial charge in [-0.25, -0.2) is 0 Å². The lowest BCUT2D eigenvalue weighted by atomic mass is 9.92. The van der Waals surface area contributed by atoms with Crippen LogP contribution in [-0.4, -0.2) is 71.7 Å². The van der Waals surface area contributed by atoms with Crippen molar-refractivity contribution in [2.24, 2.45) is 0 Å². The highest BCUT2D eigenvalue weighted by molar-refractivity contribution is 5.76. The summed E-state index contributed by atoms with van der Waals surface area (Å²) in [6.45, 7) is 9.36. The van der Waals surface area contributed by atoms with Gasteiger partial charge in [0.2, 0.25) is 5.91 Å². The lowest BCUT2D eigenvalue weighted by molar-refractivity contribution is -0.135. The standard InChI is InChI=1S/C19H31N5O/c1-19(2,3)16-9-10-17(21-20-16)24-12-15(13-24)22(4)11-14-7-6-8-18(25)23(14)5/h9-10,14-15H,6-8,11-13H2,1-5H3. The lowest BCUT2D eigenvalue weighted by Gasteiger charge is -2.46. The Labute approximate surface area is 151 Å². The Kier molecular flexibility index (Phi) is 5.00. The molecule has 138 valence electrons. The Morgan fingerprint density at radius 1 is 1.24 bits per heavy atom. The van der Waals surface area contributed by atoms with Crippen molar-refractivity contribution in [2.45, 2.75) is 57.5 Å². The van der Waals surface area contributed by atoms with E-state index < -0.39 is 0 Å². The van der Waals surface area contributed by atoms with E-state index in [1.54, 1.807) is 0 Å². The fraction of sp³-hybridized carbons (Fsp3) is 0.737. The molecule has 2 saturated heterocycles. The van der Waals surface area contributed by atoms with E-state index in [2.05, 4.69) is 59.9 Å². The number of hydrogen-bond acceptors (Lipinski definition) is 5. The van der Waals surface area contributed by atoms with Gasteiger partial charge in [-0.2, -0.15) is 5.10 Å². The molecule has 0 aliphatic carbocycles. The first-order chi connectivity index (χ1) is 11.8. The van der Waals surface area contributed by atoms with Crippen molar-refractivity contribution in [3.8, 4) is 0 Å². The number of anilines is 1. The fourth-order valence-corrected chi connectivity index (χ4v) is 3.57. The van der Waals surface area contributed by atoms with Crippen LogP contribution in [0.5, 0.6) is 0 Å². The summed E-state index contributed by atoms with van der Waals surface area (Å²) in [7, 11) is 4.11. The molecule has 1 unspecified atom stereocenters. The van der Waals surface area contributed by atoms with Gasteiger partial charge >= 0.3 is 0 Å². The van der Waals surface area contributed by atoms with Crippen molar-refractivity contribution in [3.05, 3.63) is 17.8 Å². The molecule has 1 aromatic rings. The van der Waals surface area contributed by atoms with Crippen LogP contribution in [0.3, 0.4) is 0 Å². The second-order valence-corrected chi connectivity index (χ2v) is 8.58. The molecule has 2 aliphatic heterocycles. The molecule has 0 spiro atoms. The quantitative estimate of drug-likeness (QED) is 0.834. The number of likely N-dealkylation sites (tertiary alicyclic amines) is 1. The number of amides is 1. The SMILES string of the molecule is CN(CC1CCCC(=O)N1C)C1CN(c2ccc(C(C)(C)C)nn2)C1. The van der Waals surface area contributed by atoms with Gasteiger partial charge in [0.15, 0.2) is 5.82 Å². The molecule has 1 atom stereocenters. The average molecular weight is 345 g/mol. The van der Waals surface area contributed by atoms with Gasteiger partial charge < -0.3 is 9.80 Å². The molecule has 0 aromatic carbocycles. The van der Waals surface area contributed by atoms with Gasteiger partial charge in [-0.15, -0.1) is 5.10 Å². The van der Waals surface area contributed by atoms with Crippen LogP contribution in [0.4, 0.5) is 5.82 Å². The normalized spacial score (nSPS) is 22.5. The molecular formula is C19H31N5O. The third kappa shape index (κ3) is 3.94. The minimum atomic E-state index is 0.0344. The molecule has 25 heavy (non-hydrogen) atoms. The smallest absolute Gasteiger partial charge is 0.222 e. The molecular weight excluding hydrogens is 314 g/mol. The van der Waals surface area contributed by atoms with E-state index in [1.165, 1.54) is 0 Å². The number of hydrogen-bond donors (Lipinski definition) is 0. The number of rotatable bonds is 4. The van der Waals surface area contributed by atoms with Gasteiger partial charge in [-0.1, -0.05) is 20.8 Å². The highest BCUT2D eigenvalue weighted by Gasteiger charge is 2.34. The van der Waals surface area contributed by atoms with Crippen LogP contribution in [0.2, 0.25) is 0 Å². The molecule has 0 N–H and O–H groups in total. The summed E-state index contributed by atoms with van der Waals surface area (Å²) in [5.74, 6) is 1.25. The minimum absolute atomic E-state index is 0.0344. The summed E-state index contributed by atoms with van der Waals surface area (Å²) in [5, 5.41) is 8.79. The Morgan fingerprint density at radius 2 is 1.96 bits per heavy atom. The molecule has 6 nitrogen and oxygen atoms in total. The van der Waals surface area contributed by atoms with Crippen LogP contribution in [0.1, 0.15) is 45.7 Å². The zero-order valence-electron chi connectivity index (χ0n) is 16.2. The molecule has 0 radical (unpaired) electrons. The Bertz CT molecular complexity index is 603. The zero-order valence-corrected chi connectivity index (χ0v) is 16.2. The number of piperidine rings is 1. The van der Waals surface area contributed by atoms with Gasteiger partial charge in [-0.05, 0) is 32.0 Å². The second kappa shape index (κ2) is 6.90. The van der Waals surface area contributed by atoms with Gasteiger partial charge in [0, 0.05) is 50.6 Å². The van der Waals surface area contributed by atoms with E-state index in [9.17, 15) is 4.79 Å². The predicted octanol–water partition coefficient (Wildman–Crippen LogP) is 1.91. The second-order valence-electron chi connectivity index (χ2n) is 8.58. The Hall–Kier alpha value is -1.69. The minimum Gasteiger partial charge on any atom is -0.352 e. The van der Waals surface area contributed by atoms with E-state index in [4.69, 9.17) is 0 Å². The summed E-state index contributed by atoms with van der Waals surface area (Å²) in [4.78, 5) is 18.5. The first-order valence-electron chi connectivity index (χ1n) is 9.31.